The predicted octanol–water partition coefficient (Wildman–Crippen LogP) is 3.17. The number of rotatable bonds is 3. The lowest BCUT2D eigenvalue weighted by atomic mass is 9.95. The highest BCUT2D eigenvalue weighted by molar-refractivity contribution is 14.1. The summed E-state index contributed by atoms with van der Waals surface area (Å²) in [5.74, 6) is 0.989. The number of nitrogens with one attached hydrogen (secondary N) is 1. The molecule has 1 aliphatic carbocycles. The van der Waals surface area contributed by atoms with Crippen LogP contribution in [0.15, 0.2) is 12.5 Å². The van der Waals surface area contributed by atoms with E-state index in [-0.39, 0.29) is 0 Å². The fraction of sp³-hybridized carbons (Fsp3) is 0.636. The van der Waals surface area contributed by atoms with Gasteiger partial charge in [-0.3, -0.25) is 0 Å². The fourth-order valence-corrected chi connectivity index (χ4v) is 3.25. The molecule has 0 atom stereocenters. The molecule has 0 unspecified atom stereocenters. The van der Waals surface area contributed by atoms with Gasteiger partial charge in [0.05, 0.1) is 3.57 Å². The van der Waals surface area contributed by atoms with Crippen LogP contribution in [0.1, 0.15) is 25.7 Å². The highest BCUT2D eigenvalue weighted by Gasteiger charge is 2.20. The van der Waals surface area contributed by atoms with Crippen LogP contribution < -0.4 is 5.32 Å². The number of aromatic nitrogens is 2. The zero-order valence-corrected chi connectivity index (χ0v) is 12.3. The summed E-state index contributed by atoms with van der Waals surface area (Å²) in [4.78, 5) is 8.28. The van der Waals surface area contributed by atoms with Crippen molar-refractivity contribution in [2.45, 2.75) is 37.0 Å². The third-order valence-electron chi connectivity index (χ3n) is 3.02. The first-order valence-electron chi connectivity index (χ1n) is 5.54. The molecule has 2 rings (SSSR count). The van der Waals surface area contributed by atoms with Gasteiger partial charge in [0, 0.05) is 17.5 Å². The van der Waals surface area contributed by atoms with E-state index in [1.165, 1.54) is 25.7 Å². The molecule has 1 aromatic rings. The quantitative estimate of drug-likeness (QED) is 0.851. The van der Waals surface area contributed by atoms with Crippen molar-refractivity contribution in [1.82, 2.24) is 9.97 Å². The van der Waals surface area contributed by atoms with Crippen LogP contribution >= 0.6 is 34.4 Å². The van der Waals surface area contributed by atoms with Crippen LogP contribution in [0.25, 0.3) is 0 Å². The van der Waals surface area contributed by atoms with E-state index in [1.807, 2.05) is 18.0 Å². The number of thioether (sulfide) groups is 1. The predicted molar refractivity (Wildman–Crippen MR) is 77.9 cm³/mol. The van der Waals surface area contributed by atoms with Crippen LogP contribution in [0.5, 0.6) is 0 Å². The van der Waals surface area contributed by atoms with E-state index in [0.717, 1.165) is 14.6 Å². The van der Waals surface area contributed by atoms with Crippen molar-refractivity contribution in [3.8, 4) is 0 Å². The highest BCUT2D eigenvalue weighted by atomic mass is 127. The molecule has 0 amide bonds. The first-order valence-corrected chi connectivity index (χ1v) is 7.91. The fourth-order valence-electron chi connectivity index (χ4n) is 2.06. The number of halogens is 1. The Morgan fingerprint density at radius 2 is 2.12 bits per heavy atom. The molecular formula is C11H16IN3S. The number of anilines is 1. The topological polar surface area (TPSA) is 37.8 Å². The van der Waals surface area contributed by atoms with Gasteiger partial charge in [-0.15, -0.1) is 0 Å². The molecule has 0 aromatic carbocycles. The average molecular weight is 349 g/mol. The van der Waals surface area contributed by atoms with E-state index in [1.54, 1.807) is 6.33 Å². The monoisotopic (exact) mass is 349 g/mol. The van der Waals surface area contributed by atoms with E-state index in [4.69, 9.17) is 0 Å². The van der Waals surface area contributed by atoms with E-state index < -0.39 is 0 Å². The third-order valence-corrected chi connectivity index (χ3v) is 4.94. The molecule has 1 fully saturated rings. The molecule has 1 saturated carbocycles. The third kappa shape index (κ3) is 3.23. The van der Waals surface area contributed by atoms with Gasteiger partial charge in [0.15, 0.2) is 0 Å². The van der Waals surface area contributed by atoms with E-state index >= 15 is 0 Å². The molecule has 0 aliphatic heterocycles. The van der Waals surface area contributed by atoms with Crippen LogP contribution in [0.3, 0.4) is 0 Å². The Labute approximate surface area is 114 Å². The summed E-state index contributed by atoms with van der Waals surface area (Å²) in [5, 5.41) is 4.39. The standard InChI is InChI=1S/C11H16IN3S/c1-16-9-4-2-8(3-5-9)15-11-10(12)6-13-7-14-11/h6-9H,2-5H2,1H3,(H,13,14,15). The van der Waals surface area contributed by atoms with Crippen LogP contribution in [0.2, 0.25) is 0 Å². The van der Waals surface area contributed by atoms with Gasteiger partial charge in [-0.2, -0.15) is 11.8 Å². The first kappa shape index (κ1) is 12.4. The molecule has 3 nitrogen and oxygen atoms in total. The Kier molecular flexibility index (Phi) is 4.69. The van der Waals surface area contributed by atoms with Crippen LogP contribution in [0.4, 0.5) is 5.82 Å². The summed E-state index contributed by atoms with van der Waals surface area (Å²) >= 11 is 4.28. The molecular weight excluding hydrogens is 333 g/mol. The van der Waals surface area contributed by atoms with Gasteiger partial charge in [-0.05, 0) is 54.5 Å². The second-order valence-corrected chi connectivity index (χ2v) is 6.37. The van der Waals surface area contributed by atoms with Crippen LogP contribution in [0, 0.1) is 3.57 Å². The van der Waals surface area contributed by atoms with Crippen LogP contribution in [-0.2, 0) is 0 Å². The average Bonchev–Trinajstić information content (AvgIpc) is 2.33. The summed E-state index contributed by atoms with van der Waals surface area (Å²) in [5.41, 5.74) is 0. The van der Waals surface area contributed by atoms with E-state index in [2.05, 4.69) is 44.1 Å². The Balaban J connectivity index is 1.89. The van der Waals surface area contributed by atoms with Crippen molar-refractivity contribution in [3.63, 3.8) is 0 Å². The molecule has 5 heteroatoms. The Bertz CT molecular complexity index is 340. The SMILES string of the molecule is CSC1CCC(Nc2ncncc2I)CC1. The molecule has 1 aromatic heterocycles. The molecule has 1 heterocycles. The highest BCUT2D eigenvalue weighted by Crippen LogP contribution is 2.28. The maximum atomic E-state index is 4.28. The molecule has 0 spiro atoms. The zero-order valence-electron chi connectivity index (χ0n) is 9.32. The molecule has 1 aliphatic rings. The molecule has 0 radical (unpaired) electrons. The van der Waals surface area contributed by atoms with Crippen molar-refractivity contribution < 1.29 is 0 Å². The second-order valence-electron chi connectivity index (χ2n) is 4.07. The summed E-state index contributed by atoms with van der Waals surface area (Å²) in [6.45, 7) is 0. The summed E-state index contributed by atoms with van der Waals surface area (Å²) in [6, 6.07) is 0.590. The smallest absolute Gasteiger partial charge is 0.143 e. The molecule has 16 heavy (non-hydrogen) atoms. The lowest BCUT2D eigenvalue weighted by Gasteiger charge is -2.28. The van der Waals surface area contributed by atoms with Crippen molar-refractivity contribution in [2.24, 2.45) is 0 Å². The maximum absolute atomic E-state index is 4.28. The van der Waals surface area contributed by atoms with Gasteiger partial charge in [0.25, 0.3) is 0 Å². The number of nitrogens with zero attached hydrogens (tertiary/aromatic N) is 2. The maximum Gasteiger partial charge on any atom is 0.143 e. The zero-order chi connectivity index (χ0) is 11.4. The van der Waals surface area contributed by atoms with Gasteiger partial charge >= 0.3 is 0 Å². The molecule has 1 N–H and O–H groups in total. The van der Waals surface area contributed by atoms with E-state index in [0.29, 0.717) is 6.04 Å². The second kappa shape index (κ2) is 6.05. The van der Waals surface area contributed by atoms with Crippen molar-refractivity contribution >= 4 is 40.2 Å². The lowest BCUT2D eigenvalue weighted by molar-refractivity contribution is 0.472. The van der Waals surface area contributed by atoms with E-state index in [9.17, 15) is 0 Å². The van der Waals surface area contributed by atoms with Crippen molar-refractivity contribution in [1.29, 1.82) is 0 Å². The lowest BCUT2D eigenvalue weighted by Crippen LogP contribution is -2.27. The van der Waals surface area contributed by atoms with Crippen LogP contribution in [-0.4, -0.2) is 27.5 Å². The molecule has 0 saturated heterocycles. The Morgan fingerprint density at radius 3 is 2.75 bits per heavy atom. The van der Waals surface area contributed by atoms with Gasteiger partial charge in [0.2, 0.25) is 0 Å². The van der Waals surface area contributed by atoms with Gasteiger partial charge < -0.3 is 5.32 Å². The van der Waals surface area contributed by atoms with Gasteiger partial charge in [0.1, 0.15) is 12.1 Å². The summed E-state index contributed by atoms with van der Waals surface area (Å²) in [6.07, 6.45) is 10.8. The summed E-state index contributed by atoms with van der Waals surface area (Å²) in [7, 11) is 0. The normalized spacial score (nSPS) is 25.4. The van der Waals surface area contributed by atoms with Crippen molar-refractivity contribution in [3.05, 3.63) is 16.1 Å². The van der Waals surface area contributed by atoms with Gasteiger partial charge in [-0.1, -0.05) is 0 Å². The van der Waals surface area contributed by atoms with Crippen molar-refractivity contribution in [2.75, 3.05) is 11.6 Å². The molecule has 0 bridgehead atoms. The largest absolute Gasteiger partial charge is 0.366 e. The number of hydrogen-bond acceptors (Lipinski definition) is 4. The number of hydrogen-bond donors (Lipinski definition) is 1. The minimum absolute atomic E-state index is 0.590. The minimum Gasteiger partial charge on any atom is -0.366 e. The first-order chi connectivity index (χ1) is 7.79. The minimum atomic E-state index is 0.590. The molecule has 88 valence electrons. The van der Waals surface area contributed by atoms with Gasteiger partial charge in [-0.25, -0.2) is 9.97 Å². The Hall–Kier alpha value is -0.0400. The Morgan fingerprint density at radius 1 is 1.38 bits per heavy atom. The summed E-state index contributed by atoms with van der Waals surface area (Å²) < 4.78 is 1.10.